The molecule has 0 fully saturated rings. The number of carbonyl (C=O) groups excluding carboxylic acids is 1. The predicted molar refractivity (Wildman–Crippen MR) is 59.1 cm³/mol. The van der Waals surface area contributed by atoms with Crippen LogP contribution in [0, 0.1) is 5.82 Å². The first-order valence-corrected chi connectivity index (χ1v) is 5.21. The Hall–Kier alpha value is -2.24. The summed E-state index contributed by atoms with van der Waals surface area (Å²) in [7, 11) is 0. The van der Waals surface area contributed by atoms with Gasteiger partial charge in [-0.2, -0.15) is 13.2 Å². The molecule has 2 rings (SSSR count). The Balaban J connectivity index is 2.34. The molecule has 2 nitrogen and oxygen atoms in total. The fraction of sp³-hybridized carbons (Fsp3) is 0.0769. The van der Waals surface area contributed by atoms with Crippen LogP contribution in [0.1, 0.15) is 21.5 Å². The molecule has 0 atom stereocenters. The Kier molecular flexibility index (Phi) is 3.33. The molecule has 0 saturated heterocycles. The third-order valence-electron chi connectivity index (χ3n) is 2.49. The Bertz CT molecular complexity index is 605. The van der Waals surface area contributed by atoms with Crippen LogP contribution in [-0.2, 0) is 6.18 Å². The quantitative estimate of drug-likeness (QED) is 0.617. The maximum atomic E-state index is 13.3. The van der Waals surface area contributed by atoms with E-state index in [9.17, 15) is 22.4 Å². The van der Waals surface area contributed by atoms with Crippen LogP contribution in [0.25, 0.3) is 0 Å². The lowest BCUT2D eigenvalue weighted by molar-refractivity contribution is -0.137. The van der Waals surface area contributed by atoms with E-state index >= 15 is 0 Å². The van der Waals surface area contributed by atoms with E-state index in [1.54, 1.807) is 0 Å². The van der Waals surface area contributed by atoms with Gasteiger partial charge in [0, 0.05) is 11.8 Å². The van der Waals surface area contributed by atoms with E-state index in [0.717, 1.165) is 30.5 Å². The Morgan fingerprint density at radius 2 is 1.68 bits per heavy atom. The summed E-state index contributed by atoms with van der Waals surface area (Å²) in [4.78, 5) is 15.4. The third kappa shape index (κ3) is 2.78. The fourth-order valence-electron chi connectivity index (χ4n) is 1.53. The van der Waals surface area contributed by atoms with Crippen molar-refractivity contribution in [3.8, 4) is 0 Å². The van der Waals surface area contributed by atoms with Gasteiger partial charge in [-0.3, -0.25) is 9.78 Å². The van der Waals surface area contributed by atoms with Gasteiger partial charge in [0.1, 0.15) is 0 Å². The lowest BCUT2D eigenvalue weighted by atomic mass is 10.0. The number of alkyl halides is 3. The molecule has 0 aliphatic rings. The summed E-state index contributed by atoms with van der Waals surface area (Å²) in [5.74, 6) is -1.50. The Morgan fingerprint density at radius 1 is 1.05 bits per heavy atom. The van der Waals surface area contributed by atoms with Crippen LogP contribution in [0.15, 0.2) is 42.7 Å². The summed E-state index contributed by atoms with van der Waals surface area (Å²) in [5, 5.41) is 0. The number of hydrogen-bond donors (Lipinski definition) is 0. The van der Waals surface area contributed by atoms with Crippen molar-refractivity contribution in [3.63, 3.8) is 0 Å². The highest BCUT2D eigenvalue weighted by Gasteiger charge is 2.30. The smallest absolute Gasteiger partial charge is 0.288 e. The molecule has 0 aliphatic carbocycles. The van der Waals surface area contributed by atoms with E-state index in [1.165, 1.54) is 12.3 Å². The predicted octanol–water partition coefficient (Wildman–Crippen LogP) is 3.47. The second-order valence-electron chi connectivity index (χ2n) is 3.76. The Morgan fingerprint density at radius 3 is 2.21 bits per heavy atom. The van der Waals surface area contributed by atoms with Crippen LogP contribution in [-0.4, -0.2) is 10.8 Å². The number of benzene rings is 1. The minimum atomic E-state index is -4.47. The van der Waals surface area contributed by atoms with Gasteiger partial charge >= 0.3 is 6.18 Å². The van der Waals surface area contributed by atoms with Crippen molar-refractivity contribution in [3.05, 3.63) is 65.2 Å². The van der Waals surface area contributed by atoms with E-state index in [-0.39, 0.29) is 11.1 Å². The third-order valence-corrected chi connectivity index (χ3v) is 2.49. The number of hydrogen-bond acceptors (Lipinski definition) is 2. The number of carbonyl (C=O) groups is 1. The molecule has 19 heavy (non-hydrogen) atoms. The van der Waals surface area contributed by atoms with Crippen LogP contribution >= 0.6 is 0 Å². The van der Waals surface area contributed by atoms with Gasteiger partial charge in [-0.25, -0.2) is 4.39 Å². The minimum absolute atomic E-state index is 0.0156. The number of rotatable bonds is 2. The summed E-state index contributed by atoms with van der Waals surface area (Å²) in [6.45, 7) is 0. The van der Waals surface area contributed by atoms with Gasteiger partial charge in [0.15, 0.2) is 11.6 Å². The van der Waals surface area contributed by atoms with Gasteiger partial charge in [0.25, 0.3) is 0 Å². The molecular weight excluding hydrogens is 262 g/mol. The highest BCUT2D eigenvalue weighted by atomic mass is 19.4. The molecule has 0 unspecified atom stereocenters. The van der Waals surface area contributed by atoms with Gasteiger partial charge in [0.2, 0.25) is 0 Å². The van der Waals surface area contributed by atoms with Crippen LogP contribution in [0.4, 0.5) is 17.6 Å². The van der Waals surface area contributed by atoms with E-state index in [4.69, 9.17) is 0 Å². The monoisotopic (exact) mass is 269 g/mol. The first-order chi connectivity index (χ1) is 8.89. The average Bonchev–Trinajstić information content (AvgIpc) is 2.38. The average molecular weight is 269 g/mol. The molecule has 6 heteroatoms. The molecule has 0 amide bonds. The zero-order valence-electron chi connectivity index (χ0n) is 9.41. The van der Waals surface area contributed by atoms with Crippen molar-refractivity contribution >= 4 is 5.78 Å². The molecule has 1 aromatic heterocycles. The van der Waals surface area contributed by atoms with Crippen LogP contribution in [0.5, 0.6) is 0 Å². The van der Waals surface area contributed by atoms with Gasteiger partial charge in [-0.05, 0) is 18.2 Å². The van der Waals surface area contributed by atoms with Crippen LogP contribution in [0.2, 0.25) is 0 Å². The maximum Gasteiger partial charge on any atom is 0.416 e. The number of nitrogens with zero attached hydrogens (tertiary/aromatic N) is 1. The van der Waals surface area contributed by atoms with Crippen LogP contribution in [0.3, 0.4) is 0 Å². The normalized spacial score (nSPS) is 11.4. The largest absolute Gasteiger partial charge is 0.416 e. The molecule has 0 bridgehead atoms. The van der Waals surface area contributed by atoms with Gasteiger partial charge in [0.05, 0.1) is 17.3 Å². The summed E-state index contributed by atoms with van der Waals surface area (Å²) in [6, 6.07) is 4.78. The van der Waals surface area contributed by atoms with E-state index in [2.05, 4.69) is 4.98 Å². The standard InChI is InChI=1S/C13H7F4NO/c14-11-7-18-6-5-10(11)12(19)8-1-3-9(4-2-8)13(15,16)17/h1-7H. The molecule has 1 aromatic carbocycles. The van der Waals surface area contributed by atoms with Crippen molar-refractivity contribution in [2.45, 2.75) is 6.18 Å². The fourth-order valence-corrected chi connectivity index (χ4v) is 1.53. The zero-order chi connectivity index (χ0) is 14.0. The summed E-state index contributed by atoms with van der Waals surface area (Å²) < 4.78 is 50.4. The summed E-state index contributed by atoms with van der Waals surface area (Å²) in [6.07, 6.45) is -2.36. The van der Waals surface area contributed by atoms with Crippen molar-refractivity contribution in [1.29, 1.82) is 0 Å². The van der Waals surface area contributed by atoms with Crippen molar-refractivity contribution in [2.75, 3.05) is 0 Å². The number of pyridine rings is 1. The first-order valence-electron chi connectivity index (χ1n) is 5.21. The minimum Gasteiger partial charge on any atom is -0.288 e. The molecule has 0 N–H and O–H groups in total. The second-order valence-corrected chi connectivity index (χ2v) is 3.76. The van der Waals surface area contributed by atoms with Crippen molar-refractivity contribution in [2.24, 2.45) is 0 Å². The van der Waals surface area contributed by atoms with E-state index in [0.29, 0.717) is 0 Å². The number of halogens is 4. The molecule has 98 valence electrons. The molecule has 2 aromatic rings. The van der Waals surface area contributed by atoms with Crippen LogP contribution < -0.4 is 0 Å². The lowest BCUT2D eigenvalue weighted by Gasteiger charge is -2.07. The summed E-state index contributed by atoms with van der Waals surface area (Å²) >= 11 is 0. The second kappa shape index (κ2) is 4.79. The van der Waals surface area contributed by atoms with Gasteiger partial charge in [-0.1, -0.05) is 12.1 Å². The molecule has 0 aliphatic heterocycles. The SMILES string of the molecule is O=C(c1ccc(C(F)(F)F)cc1)c1ccncc1F. The van der Waals surface area contributed by atoms with E-state index in [1.807, 2.05) is 0 Å². The molecule has 0 saturated carbocycles. The molecule has 0 radical (unpaired) electrons. The van der Waals surface area contributed by atoms with E-state index < -0.39 is 23.3 Å². The van der Waals surface area contributed by atoms with Crippen molar-refractivity contribution in [1.82, 2.24) is 4.98 Å². The maximum absolute atomic E-state index is 13.3. The summed E-state index contributed by atoms with van der Waals surface area (Å²) in [5.41, 5.74) is -1.10. The zero-order valence-corrected chi connectivity index (χ0v) is 9.41. The highest BCUT2D eigenvalue weighted by Crippen LogP contribution is 2.29. The van der Waals surface area contributed by atoms with Gasteiger partial charge in [-0.15, -0.1) is 0 Å². The van der Waals surface area contributed by atoms with Gasteiger partial charge < -0.3 is 0 Å². The van der Waals surface area contributed by atoms with Crippen molar-refractivity contribution < 1.29 is 22.4 Å². The molecule has 0 spiro atoms. The number of aromatic nitrogens is 1. The molecular formula is C13H7F4NO. The topological polar surface area (TPSA) is 30.0 Å². The highest BCUT2D eigenvalue weighted by molar-refractivity contribution is 6.09. The molecule has 1 heterocycles. The lowest BCUT2D eigenvalue weighted by Crippen LogP contribution is -2.07. The number of ketones is 1. The Labute approximate surface area is 105 Å². The first kappa shape index (κ1) is 13.2.